The summed E-state index contributed by atoms with van der Waals surface area (Å²) < 4.78 is 0. The number of rotatable bonds is 16. The maximum Gasteiger partial charge on any atom is 0.315 e. The summed E-state index contributed by atoms with van der Waals surface area (Å²) >= 11 is 3.47. The van der Waals surface area contributed by atoms with Crippen molar-refractivity contribution in [3.8, 4) is 0 Å². The van der Waals surface area contributed by atoms with Crippen molar-refractivity contribution in [2.75, 3.05) is 42.6 Å². The molecule has 0 aliphatic carbocycles. The molecule has 10 heteroatoms. The largest absolute Gasteiger partial charge is 0.351 e. The van der Waals surface area contributed by atoms with Crippen LogP contribution in [0, 0.1) is 5.92 Å². The average molecular weight is 511 g/mol. The molecular formula is C24H38N4O4S2. The Morgan fingerprint density at radius 3 is 1.76 bits per heavy atom. The van der Waals surface area contributed by atoms with Crippen LogP contribution in [0.15, 0.2) is 18.2 Å². The lowest BCUT2D eigenvalue weighted by atomic mass is 10.0. The van der Waals surface area contributed by atoms with Crippen molar-refractivity contribution in [1.82, 2.24) is 21.3 Å². The van der Waals surface area contributed by atoms with E-state index in [1.807, 2.05) is 13.8 Å². The molecule has 0 bridgehead atoms. The number of ketones is 1. The van der Waals surface area contributed by atoms with E-state index in [9.17, 15) is 19.2 Å². The maximum atomic E-state index is 12.6. The van der Waals surface area contributed by atoms with Crippen molar-refractivity contribution in [1.29, 1.82) is 0 Å². The standard InChI is InChI=1S/C24H38N4O4S2/c1-5-33-11-9-25-22(30)19-13-18(14-20(15-19)23(31)26-10-12-34-6-2)16-28-24(32)27-8-7-21(29)17(3)4/h13-15,17H,5-12,16H2,1-4H3,(H,25,30)(H,26,31)(H2,27,28,32). The lowest BCUT2D eigenvalue weighted by Gasteiger charge is -2.12. The van der Waals surface area contributed by atoms with Gasteiger partial charge in [-0.25, -0.2) is 4.79 Å². The average Bonchev–Trinajstić information content (AvgIpc) is 2.82. The van der Waals surface area contributed by atoms with E-state index < -0.39 is 6.03 Å². The number of thioether (sulfide) groups is 2. The van der Waals surface area contributed by atoms with Gasteiger partial charge in [0, 0.05) is 61.2 Å². The minimum Gasteiger partial charge on any atom is -0.351 e. The number of Topliss-reactive ketones (excluding diaryl/α,β-unsaturated/α-hetero) is 1. The summed E-state index contributed by atoms with van der Waals surface area (Å²) in [5.74, 6) is 3.08. The topological polar surface area (TPSA) is 116 Å². The van der Waals surface area contributed by atoms with Gasteiger partial charge in [-0.2, -0.15) is 23.5 Å². The minimum absolute atomic E-state index is 0.0653. The van der Waals surface area contributed by atoms with Crippen LogP contribution in [0.5, 0.6) is 0 Å². The van der Waals surface area contributed by atoms with Crippen LogP contribution in [-0.4, -0.2) is 66.3 Å². The maximum absolute atomic E-state index is 12.6. The van der Waals surface area contributed by atoms with E-state index in [1.165, 1.54) is 0 Å². The fourth-order valence-electron chi connectivity index (χ4n) is 2.86. The van der Waals surface area contributed by atoms with Gasteiger partial charge < -0.3 is 21.3 Å². The minimum atomic E-state index is -0.411. The Hall–Kier alpha value is -2.20. The fraction of sp³-hybridized carbons (Fsp3) is 0.583. The number of nitrogens with one attached hydrogen (secondary N) is 4. The first-order valence-electron chi connectivity index (χ1n) is 11.7. The van der Waals surface area contributed by atoms with Gasteiger partial charge in [0.2, 0.25) is 0 Å². The summed E-state index contributed by atoms with van der Waals surface area (Å²) in [6.07, 6.45) is 0.275. The molecule has 0 aromatic heterocycles. The number of hydrogen-bond acceptors (Lipinski definition) is 6. The Bertz CT molecular complexity index is 776. The van der Waals surface area contributed by atoms with Gasteiger partial charge in [0.05, 0.1) is 0 Å². The first kappa shape index (κ1) is 29.8. The molecule has 0 fully saturated rings. The molecule has 1 aromatic carbocycles. The smallest absolute Gasteiger partial charge is 0.315 e. The lowest BCUT2D eigenvalue weighted by Crippen LogP contribution is -2.36. The van der Waals surface area contributed by atoms with Gasteiger partial charge in [-0.1, -0.05) is 27.7 Å². The van der Waals surface area contributed by atoms with Crippen molar-refractivity contribution < 1.29 is 19.2 Å². The zero-order valence-corrected chi connectivity index (χ0v) is 22.3. The second kappa shape index (κ2) is 17.3. The van der Waals surface area contributed by atoms with Gasteiger partial charge >= 0.3 is 6.03 Å². The van der Waals surface area contributed by atoms with E-state index in [1.54, 1.807) is 41.7 Å². The van der Waals surface area contributed by atoms with Crippen LogP contribution in [0.4, 0.5) is 4.79 Å². The monoisotopic (exact) mass is 510 g/mol. The molecule has 0 heterocycles. The summed E-state index contributed by atoms with van der Waals surface area (Å²) in [6.45, 7) is 9.24. The molecule has 34 heavy (non-hydrogen) atoms. The highest BCUT2D eigenvalue weighted by atomic mass is 32.2. The quantitative estimate of drug-likeness (QED) is 0.254. The van der Waals surface area contributed by atoms with E-state index in [4.69, 9.17) is 0 Å². The van der Waals surface area contributed by atoms with Crippen molar-refractivity contribution >= 4 is 47.2 Å². The van der Waals surface area contributed by atoms with Crippen molar-refractivity contribution in [3.05, 3.63) is 34.9 Å². The summed E-state index contributed by atoms with van der Waals surface area (Å²) in [6, 6.07) is 4.51. The fourth-order valence-corrected chi connectivity index (χ4v) is 3.93. The number of urea groups is 1. The van der Waals surface area contributed by atoms with E-state index in [2.05, 4.69) is 35.1 Å². The molecule has 4 amide bonds. The van der Waals surface area contributed by atoms with Crippen LogP contribution in [0.25, 0.3) is 0 Å². The SMILES string of the molecule is CCSCCNC(=O)c1cc(CNC(=O)NCCC(=O)C(C)C)cc(C(=O)NCCSCC)c1. The molecule has 0 saturated heterocycles. The van der Waals surface area contributed by atoms with E-state index in [-0.39, 0.29) is 43.0 Å². The second-order valence-electron chi connectivity index (χ2n) is 7.80. The van der Waals surface area contributed by atoms with Gasteiger partial charge in [-0.3, -0.25) is 14.4 Å². The first-order chi connectivity index (χ1) is 16.3. The van der Waals surface area contributed by atoms with Gasteiger partial charge in [0.1, 0.15) is 5.78 Å². The van der Waals surface area contributed by atoms with E-state index >= 15 is 0 Å². The van der Waals surface area contributed by atoms with Gasteiger partial charge in [0.25, 0.3) is 11.8 Å². The number of carbonyl (C=O) groups excluding carboxylic acids is 4. The third-order valence-corrected chi connectivity index (χ3v) is 6.55. The molecule has 190 valence electrons. The molecule has 0 saturated carbocycles. The van der Waals surface area contributed by atoms with Crippen LogP contribution >= 0.6 is 23.5 Å². The highest BCUT2D eigenvalue weighted by Crippen LogP contribution is 2.12. The predicted molar refractivity (Wildman–Crippen MR) is 142 cm³/mol. The molecule has 4 N–H and O–H groups in total. The van der Waals surface area contributed by atoms with Crippen molar-refractivity contribution in [3.63, 3.8) is 0 Å². The van der Waals surface area contributed by atoms with Crippen LogP contribution in [0.1, 0.15) is 60.4 Å². The molecule has 0 aliphatic heterocycles. The predicted octanol–water partition coefficient (Wildman–Crippen LogP) is 3.07. The molecular weight excluding hydrogens is 472 g/mol. The molecule has 0 aliphatic rings. The van der Waals surface area contributed by atoms with E-state index in [0.29, 0.717) is 29.8 Å². The third kappa shape index (κ3) is 12.3. The Morgan fingerprint density at radius 2 is 1.29 bits per heavy atom. The normalized spacial score (nSPS) is 10.6. The molecule has 0 unspecified atom stereocenters. The van der Waals surface area contributed by atoms with Crippen LogP contribution in [-0.2, 0) is 11.3 Å². The number of benzene rings is 1. The molecule has 1 rings (SSSR count). The Morgan fingerprint density at radius 1 is 0.765 bits per heavy atom. The number of hydrogen-bond donors (Lipinski definition) is 4. The van der Waals surface area contributed by atoms with Crippen LogP contribution < -0.4 is 21.3 Å². The van der Waals surface area contributed by atoms with Gasteiger partial charge in [0.15, 0.2) is 0 Å². The zero-order valence-electron chi connectivity index (χ0n) is 20.6. The highest BCUT2D eigenvalue weighted by molar-refractivity contribution is 7.99. The number of amides is 4. The number of carbonyl (C=O) groups is 4. The van der Waals surface area contributed by atoms with Gasteiger partial charge in [-0.15, -0.1) is 0 Å². The summed E-state index contributed by atoms with van der Waals surface area (Å²) in [5.41, 5.74) is 1.38. The first-order valence-corrected chi connectivity index (χ1v) is 14.0. The Labute approximate surface area is 211 Å². The molecule has 0 radical (unpaired) electrons. The van der Waals surface area contributed by atoms with Crippen LogP contribution in [0.3, 0.4) is 0 Å². The molecule has 0 atom stereocenters. The molecule has 8 nitrogen and oxygen atoms in total. The summed E-state index contributed by atoms with van der Waals surface area (Å²) in [4.78, 5) is 49.1. The van der Waals surface area contributed by atoms with Crippen molar-refractivity contribution in [2.45, 2.75) is 40.7 Å². The highest BCUT2D eigenvalue weighted by Gasteiger charge is 2.14. The van der Waals surface area contributed by atoms with Crippen molar-refractivity contribution in [2.24, 2.45) is 5.92 Å². The second-order valence-corrected chi connectivity index (χ2v) is 10.6. The summed E-state index contributed by atoms with van der Waals surface area (Å²) in [7, 11) is 0. The molecule has 1 aromatic rings. The Kier molecular flexibility index (Phi) is 15.1. The van der Waals surface area contributed by atoms with Crippen LogP contribution in [0.2, 0.25) is 0 Å². The lowest BCUT2D eigenvalue weighted by molar-refractivity contribution is -0.121. The third-order valence-electron chi connectivity index (χ3n) is 4.74. The van der Waals surface area contributed by atoms with Gasteiger partial charge in [-0.05, 0) is 35.3 Å². The van der Waals surface area contributed by atoms with E-state index in [0.717, 1.165) is 23.0 Å². The summed E-state index contributed by atoms with van der Waals surface area (Å²) in [5, 5.41) is 11.1. The zero-order chi connectivity index (χ0) is 25.3. The Balaban J connectivity index is 2.81. The molecule has 0 spiro atoms.